The highest BCUT2D eigenvalue weighted by Gasteiger charge is 2.25. The number of benzene rings is 1. The Kier molecular flexibility index (Phi) is 4.04. The zero-order valence-electron chi connectivity index (χ0n) is 12.0. The van der Waals surface area contributed by atoms with E-state index < -0.39 is 5.97 Å². The number of hydrogen-bond acceptors (Lipinski definition) is 2. The molecule has 2 rings (SSSR count). The molecule has 0 aliphatic rings. The summed E-state index contributed by atoms with van der Waals surface area (Å²) in [6.45, 7) is 6.74. The molecule has 1 heterocycles. The van der Waals surface area contributed by atoms with Gasteiger partial charge in [0.25, 0.3) is 0 Å². The van der Waals surface area contributed by atoms with Crippen LogP contribution in [0.15, 0.2) is 18.2 Å². The molecule has 108 valence electrons. The van der Waals surface area contributed by atoms with Crippen molar-refractivity contribution in [2.45, 2.75) is 40.2 Å². The van der Waals surface area contributed by atoms with Crippen molar-refractivity contribution in [3.8, 4) is 0 Å². The van der Waals surface area contributed by atoms with Crippen molar-refractivity contribution in [2.24, 2.45) is 5.41 Å². The quantitative estimate of drug-likeness (QED) is 0.913. The number of nitrogens with zero attached hydrogens (tertiary/aromatic N) is 2. The number of fused-ring (bicyclic) bond motifs is 1. The fraction of sp³-hybridized carbons (Fsp3) is 0.467. The van der Waals surface area contributed by atoms with E-state index >= 15 is 0 Å². The Morgan fingerprint density at radius 2 is 2.15 bits per heavy atom. The van der Waals surface area contributed by atoms with Gasteiger partial charge in [0.2, 0.25) is 0 Å². The molecule has 0 unspecified atom stereocenters. The van der Waals surface area contributed by atoms with Gasteiger partial charge in [-0.1, -0.05) is 25.4 Å². The van der Waals surface area contributed by atoms with Crippen LogP contribution in [0.5, 0.6) is 0 Å². The number of rotatable bonds is 5. The molecule has 0 saturated carbocycles. The van der Waals surface area contributed by atoms with E-state index in [1.54, 1.807) is 0 Å². The van der Waals surface area contributed by atoms with Crippen LogP contribution < -0.4 is 0 Å². The second-order valence-electron chi connectivity index (χ2n) is 5.82. The number of aliphatic carboxylic acids is 1. The summed E-state index contributed by atoms with van der Waals surface area (Å²) in [5, 5.41) is 9.67. The third-order valence-corrected chi connectivity index (χ3v) is 3.61. The molecule has 0 bridgehead atoms. The van der Waals surface area contributed by atoms with Crippen molar-refractivity contribution in [1.82, 2.24) is 9.55 Å². The molecule has 1 N–H and O–H groups in total. The normalized spacial score (nSPS) is 12.0. The highest BCUT2D eigenvalue weighted by molar-refractivity contribution is 6.31. The van der Waals surface area contributed by atoms with Gasteiger partial charge in [-0.2, -0.15) is 0 Å². The summed E-state index contributed by atoms with van der Waals surface area (Å²) in [6.07, 6.45) is 0.750. The summed E-state index contributed by atoms with van der Waals surface area (Å²) in [4.78, 5) is 15.6. The van der Waals surface area contributed by atoms with E-state index in [1.165, 1.54) is 0 Å². The predicted molar refractivity (Wildman–Crippen MR) is 80.2 cm³/mol. The molecule has 0 fully saturated rings. The molecule has 0 aliphatic carbocycles. The monoisotopic (exact) mass is 294 g/mol. The number of carboxylic acid groups (broad SMARTS) is 1. The maximum absolute atomic E-state index is 10.9. The van der Waals surface area contributed by atoms with E-state index in [0.717, 1.165) is 23.4 Å². The van der Waals surface area contributed by atoms with E-state index in [2.05, 4.69) is 16.5 Å². The van der Waals surface area contributed by atoms with Crippen molar-refractivity contribution < 1.29 is 9.90 Å². The molecule has 5 heteroatoms. The number of carboxylic acids is 1. The molecule has 4 nitrogen and oxygen atoms in total. The van der Waals surface area contributed by atoms with Crippen LogP contribution in [-0.4, -0.2) is 20.6 Å². The van der Waals surface area contributed by atoms with Crippen molar-refractivity contribution in [3.63, 3.8) is 0 Å². The topological polar surface area (TPSA) is 55.1 Å². The lowest BCUT2D eigenvalue weighted by atomic mass is 9.85. The first-order chi connectivity index (χ1) is 9.32. The van der Waals surface area contributed by atoms with Gasteiger partial charge in [0.15, 0.2) is 0 Å². The first kappa shape index (κ1) is 14.9. The maximum Gasteiger partial charge on any atom is 0.303 e. The SMILES string of the molecule is CCn1c(CC(C)(C)CC(=O)O)nc2ccc(Cl)cc21. The van der Waals surface area contributed by atoms with Crippen molar-refractivity contribution in [2.75, 3.05) is 0 Å². The average Bonchev–Trinajstić information content (AvgIpc) is 2.62. The minimum absolute atomic E-state index is 0.126. The zero-order valence-corrected chi connectivity index (χ0v) is 12.7. The predicted octanol–water partition coefficient (Wildman–Crippen LogP) is 3.75. The molecule has 0 amide bonds. The fourth-order valence-electron chi connectivity index (χ4n) is 2.53. The number of carbonyl (C=O) groups is 1. The lowest BCUT2D eigenvalue weighted by Gasteiger charge is -2.22. The smallest absolute Gasteiger partial charge is 0.303 e. The lowest BCUT2D eigenvalue weighted by Crippen LogP contribution is -2.21. The van der Waals surface area contributed by atoms with Gasteiger partial charge in [0.05, 0.1) is 17.5 Å². The van der Waals surface area contributed by atoms with Crippen LogP contribution >= 0.6 is 11.6 Å². The summed E-state index contributed by atoms with van der Waals surface area (Å²) in [5.41, 5.74) is 1.57. The third kappa shape index (κ3) is 3.12. The van der Waals surface area contributed by atoms with Gasteiger partial charge in [-0.15, -0.1) is 0 Å². The second-order valence-corrected chi connectivity index (χ2v) is 6.25. The second kappa shape index (κ2) is 5.44. The van der Waals surface area contributed by atoms with Gasteiger partial charge in [0.1, 0.15) is 5.82 Å². The van der Waals surface area contributed by atoms with E-state index in [4.69, 9.17) is 16.7 Å². The molecule has 20 heavy (non-hydrogen) atoms. The minimum Gasteiger partial charge on any atom is -0.481 e. The van der Waals surface area contributed by atoms with Crippen LogP contribution in [0.2, 0.25) is 5.02 Å². The Morgan fingerprint density at radius 1 is 1.45 bits per heavy atom. The van der Waals surface area contributed by atoms with E-state index in [-0.39, 0.29) is 11.8 Å². The van der Waals surface area contributed by atoms with Crippen molar-refractivity contribution in [1.29, 1.82) is 0 Å². The Bertz CT molecular complexity index is 647. The van der Waals surface area contributed by atoms with Gasteiger partial charge in [-0.3, -0.25) is 4.79 Å². The molecular formula is C15H19ClN2O2. The van der Waals surface area contributed by atoms with Crippen molar-refractivity contribution in [3.05, 3.63) is 29.0 Å². The van der Waals surface area contributed by atoms with Crippen LogP contribution in [0.3, 0.4) is 0 Å². The fourth-order valence-corrected chi connectivity index (χ4v) is 2.70. The molecule has 1 aromatic heterocycles. The number of aryl methyl sites for hydroxylation is 1. The van der Waals surface area contributed by atoms with Gasteiger partial charge < -0.3 is 9.67 Å². The summed E-state index contributed by atoms with van der Waals surface area (Å²) in [5.74, 6) is 0.133. The van der Waals surface area contributed by atoms with Crippen LogP contribution in [-0.2, 0) is 17.8 Å². The Morgan fingerprint density at radius 3 is 2.75 bits per heavy atom. The van der Waals surface area contributed by atoms with Gasteiger partial charge >= 0.3 is 5.97 Å². The van der Waals surface area contributed by atoms with Crippen LogP contribution in [0.4, 0.5) is 0 Å². The molecular weight excluding hydrogens is 276 g/mol. The Balaban J connectivity index is 2.41. The average molecular weight is 295 g/mol. The largest absolute Gasteiger partial charge is 0.481 e. The van der Waals surface area contributed by atoms with E-state index in [9.17, 15) is 4.79 Å². The molecule has 1 aromatic carbocycles. The Hall–Kier alpha value is -1.55. The summed E-state index contributed by atoms with van der Waals surface area (Å²) >= 11 is 6.04. The number of aromatic nitrogens is 2. The third-order valence-electron chi connectivity index (χ3n) is 3.37. The molecule has 2 aromatic rings. The van der Waals surface area contributed by atoms with Crippen molar-refractivity contribution >= 4 is 28.6 Å². The first-order valence-corrected chi connectivity index (χ1v) is 7.06. The van der Waals surface area contributed by atoms with Crippen LogP contribution in [0, 0.1) is 5.41 Å². The Labute approximate surface area is 123 Å². The number of halogens is 1. The van der Waals surface area contributed by atoms with Gasteiger partial charge in [0, 0.05) is 18.0 Å². The standard InChI is InChI=1S/C15H19ClN2O2/c1-4-18-12-7-10(16)5-6-11(12)17-13(18)8-15(2,3)9-14(19)20/h5-7H,4,8-9H2,1-3H3,(H,19,20). The summed E-state index contributed by atoms with van der Waals surface area (Å²) in [6, 6.07) is 5.63. The molecule has 0 spiro atoms. The minimum atomic E-state index is -0.780. The molecule has 0 saturated heterocycles. The zero-order chi connectivity index (χ0) is 14.9. The van der Waals surface area contributed by atoms with E-state index in [1.807, 2.05) is 32.0 Å². The molecule has 0 aliphatic heterocycles. The molecule has 0 atom stereocenters. The maximum atomic E-state index is 10.9. The summed E-state index contributed by atoms with van der Waals surface area (Å²) < 4.78 is 2.10. The highest BCUT2D eigenvalue weighted by Crippen LogP contribution is 2.28. The van der Waals surface area contributed by atoms with Gasteiger partial charge in [-0.25, -0.2) is 4.98 Å². The summed E-state index contributed by atoms with van der Waals surface area (Å²) in [7, 11) is 0. The van der Waals surface area contributed by atoms with E-state index in [0.29, 0.717) is 11.4 Å². The lowest BCUT2D eigenvalue weighted by molar-refractivity contribution is -0.139. The number of imidazole rings is 1. The molecule has 0 radical (unpaired) electrons. The highest BCUT2D eigenvalue weighted by atomic mass is 35.5. The number of hydrogen-bond donors (Lipinski definition) is 1. The van der Waals surface area contributed by atoms with Gasteiger partial charge in [-0.05, 0) is 30.5 Å². The first-order valence-electron chi connectivity index (χ1n) is 6.69. The van der Waals surface area contributed by atoms with Crippen LogP contribution in [0.25, 0.3) is 11.0 Å². The van der Waals surface area contributed by atoms with Crippen LogP contribution in [0.1, 0.15) is 33.0 Å².